The normalized spacial score (nSPS) is 20.4. The molecule has 1 aliphatic rings. The minimum absolute atomic E-state index is 0.0984. The molecule has 8 heteroatoms. The van der Waals surface area contributed by atoms with Gasteiger partial charge in [0.2, 0.25) is 6.86 Å². The maximum absolute atomic E-state index is 12.9. The van der Waals surface area contributed by atoms with Crippen molar-refractivity contribution in [3.63, 3.8) is 0 Å². The Balaban J connectivity index is 1.30. The van der Waals surface area contributed by atoms with Gasteiger partial charge >= 0.3 is 0 Å². The van der Waals surface area contributed by atoms with Gasteiger partial charge < -0.3 is 33.5 Å². The highest BCUT2D eigenvalue weighted by molar-refractivity contribution is 5.47. The van der Waals surface area contributed by atoms with Crippen molar-refractivity contribution in [1.82, 2.24) is 0 Å². The van der Waals surface area contributed by atoms with Gasteiger partial charge in [-0.05, 0) is 83.5 Å². The van der Waals surface area contributed by atoms with Crippen molar-refractivity contribution in [2.24, 2.45) is 0 Å². The van der Waals surface area contributed by atoms with Crippen LogP contribution in [0.25, 0.3) is 0 Å². The summed E-state index contributed by atoms with van der Waals surface area (Å²) in [5.41, 5.74) is 6.30. The Labute approximate surface area is 340 Å². The molecule has 1 aliphatic heterocycles. The van der Waals surface area contributed by atoms with Gasteiger partial charge in [-0.15, -0.1) is 0 Å². The van der Waals surface area contributed by atoms with Crippen molar-refractivity contribution in [2.45, 2.75) is 76.7 Å². The van der Waals surface area contributed by atoms with Crippen LogP contribution < -0.4 is 9.47 Å². The van der Waals surface area contributed by atoms with E-state index in [-0.39, 0.29) is 19.8 Å². The van der Waals surface area contributed by atoms with Crippen molar-refractivity contribution in [1.29, 1.82) is 0 Å². The Morgan fingerprint density at radius 1 is 0.621 bits per heavy atom. The Morgan fingerprint density at radius 3 is 1.72 bits per heavy atom. The van der Waals surface area contributed by atoms with Gasteiger partial charge in [-0.1, -0.05) is 133 Å². The lowest BCUT2D eigenvalue weighted by Crippen LogP contribution is -2.64. The van der Waals surface area contributed by atoms with E-state index in [1.54, 1.807) is 19.1 Å². The number of alkyl halides is 1. The average Bonchev–Trinajstić information content (AvgIpc) is 3.25. The number of ether oxygens (including phenoxy) is 6. The largest absolute Gasteiger partial charge is 0.489 e. The third kappa shape index (κ3) is 10.6. The SMILES string of the molecule is Cc1cc(OCc2ccccc2)c([C@@H]2O[C@H](COCc3ccccc3)C(C)(O)[C@H](OCc3ccccc3)[C@H]2OCc2ccccc2)cc1Cc1ccc(OCF)cc1. The smallest absolute Gasteiger partial charge is 0.228 e. The van der Waals surface area contributed by atoms with Crippen LogP contribution in [0, 0.1) is 6.92 Å². The highest BCUT2D eigenvalue weighted by atomic mass is 19.1. The summed E-state index contributed by atoms with van der Waals surface area (Å²) in [6.45, 7) is 4.21. The Bertz CT molecular complexity index is 2130. The lowest BCUT2D eigenvalue weighted by atomic mass is 9.81. The maximum Gasteiger partial charge on any atom is 0.228 e. The second kappa shape index (κ2) is 19.9. The summed E-state index contributed by atoms with van der Waals surface area (Å²) in [5.74, 6) is 1.11. The zero-order valence-corrected chi connectivity index (χ0v) is 33.0. The van der Waals surface area contributed by atoms with Crippen LogP contribution in [0.15, 0.2) is 158 Å². The molecule has 0 radical (unpaired) electrons. The summed E-state index contributed by atoms with van der Waals surface area (Å²) >= 11 is 0. The topological polar surface area (TPSA) is 75.6 Å². The van der Waals surface area contributed by atoms with E-state index >= 15 is 0 Å². The van der Waals surface area contributed by atoms with Gasteiger partial charge in [0.15, 0.2) is 0 Å². The average molecular weight is 783 g/mol. The first-order valence-corrected chi connectivity index (χ1v) is 19.8. The number of hydrogen-bond acceptors (Lipinski definition) is 7. The van der Waals surface area contributed by atoms with Crippen LogP contribution in [0.5, 0.6) is 11.5 Å². The second-order valence-electron chi connectivity index (χ2n) is 14.9. The first kappa shape index (κ1) is 40.8. The number of benzene rings is 6. The Morgan fingerprint density at radius 2 is 1.16 bits per heavy atom. The molecule has 0 aliphatic carbocycles. The van der Waals surface area contributed by atoms with E-state index in [2.05, 4.69) is 19.1 Å². The first-order valence-electron chi connectivity index (χ1n) is 19.8. The van der Waals surface area contributed by atoms with Crippen molar-refractivity contribution in [3.8, 4) is 11.5 Å². The molecule has 7 rings (SSSR count). The molecule has 7 nitrogen and oxygen atoms in total. The molecule has 0 amide bonds. The lowest BCUT2D eigenvalue weighted by molar-refractivity contribution is -0.298. The van der Waals surface area contributed by atoms with E-state index in [4.69, 9.17) is 28.4 Å². The fourth-order valence-electron chi connectivity index (χ4n) is 7.35. The summed E-state index contributed by atoms with van der Waals surface area (Å²) in [6, 6.07) is 51.4. The molecular weight excluding hydrogens is 732 g/mol. The molecule has 1 heterocycles. The second-order valence-corrected chi connectivity index (χ2v) is 14.9. The van der Waals surface area contributed by atoms with E-state index in [9.17, 15) is 9.50 Å². The highest BCUT2D eigenvalue weighted by Gasteiger charge is 2.55. The fourth-order valence-corrected chi connectivity index (χ4v) is 7.35. The summed E-state index contributed by atoms with van der Waals surface area (Å²) in [6.07, 6.45) is -2.61. The number of halogens is 1. The van der Waals surface area contributed by atoms with Gasteiger partial charge in [0, 0.05) is 5.56 Å². The number of hydrogen-bond donors (Lipinski definition) is 1. The molecule has 0 bridgehead atoms. The zero-order chi connectivity index (χ0) is 40.2. The molecule has 1 N–H and O–H groups in total. The summed E-state index contributed by atoms with van der Waals surface area (Å²) in [7, 11) is 0. The number of rotatable bonds is 18. The van der Waals surface area contributed by atoms with Gasteiger partial charge in [0.25, 0.3) is 0 Å². The summed E-state index contributed by atoms with van der Waals surface area (Å²) < 4.78 is 51.7. The summed E-state index contributed by atoms with van der Waals surface area (Å²) in [5, 5.41) is 12.6. The van der Waals surface area contributed by atoms with E-state index in [0.29, 0.717) is 31.1 Å². The van der Waals surface area contributed by atoms with Crippen LogP contribution in [0.1, 0.15) is 57.5 Å². The number of aliphatic hydroxyl groups is 1. The Hall–Kier alpha value is -5.35. The summed E-state index contributed by atoms with van der Waals surface area (Å²) in [4.78, 5) is 0. The molecule has 300 valence electrons. The Kier molecular flexibility index (Phi) is 14.0. The molecule has 6 aromatic carbocycles. The van der Waals surface area contributed by atoms with Crippen LogP contribution in [0.3, 0.4) is 0 Å². The van der Waals surface area contributed by atoms with Crippen molar-refractivity contribution >= 4 is 0 Å². The van der Waals surface area contributed by atoms with Crippen LogP contribution in [-0.2, 0) is 51.8 Å². The molecule has 1 fully saturated rings. The van der Waals surface area contributed by atoms with Gasteiger partial charge in [0.05, 0.1) is 26.4 Å². The number of aryl methyl sites for hydroxylation is 1. The molecule has 58 heavy (non-hydrogen) atoms. The molecule has 1 unspecified atom stereocenters. The predicted octanol–water partition coefficient (Wildman–Crippen LogP) is 10.0. The molecule has 0 spiro atoms. The zero-order valence-electron chi connectivity index (χ0n) is 33.0. The van der Waals surface area contributed by atoms with Gasteiger partial charge in [-0.2, -0.15) is 0 Å². The van der Waals surface area contributed by atoms with Gasteiger partial charge in [-0.25, -0.2) is 4.39 Å². The highest BCUT2D eigenvalue weighted by Crippen LogP contribution is 2.45. The third-order valence-corrected chi connectivity index (χ3v) is 10.6. The molecule has 1 saturated heterocycles. The molecule has 0 saturated carbocycles. The molecule has 0 aromatic heterocycles. The van der Waals surface area contributed by atoms with Crippen LogP contribution in [0.2, 0.25) is 0 Å². The third-order valence-electron chi connectivity index (χ3n) is 10.6. The van der Waals surface area contributed by atoms with E-state index in [1.807, 2.05) is 133 Å². The van der Waals surface area contributed by atoms with Gasteiger partial charge in [-0.3, -0.25) is 0 Å². The minimum Gasteiger partial charge on any atom is -0.489 e. The van der Waals surface area contributed by atoms with Crippen molar-refractivity contribution in [3.05, 3.63) is 202 Å². The lowest BCUT2D eigenvalue weighted by Gasteiger charge is -2.50. The van der Waals surface area contributed by atoms with Crippen molar-refractivity contribution < 1.29 is 37.9 Å². The first-order chi connectivity index (χ1) is 28.4. The quantitative estimate of drug-likeness (QED) is 0.0931. The van der Waals surface area contributed by atoms with Crippen LogP contribution >= 0.6 is 0 Å². The molecular formula is C50H51FO7. The predicted molar refractivity (Wildman–Crippen MR) is 222 cm³/mol. The fraction of sp³-hybridized carbons (Fsp3) is 0.280. The maximum atomic E-state index is 12.9. The van der Waals surface area contributed by atoms with E-state index in [0.717, 1.165) is 44.5 Å². The van der Waals surface area contributed by atoms with E-state index < -0.39 is 36.9 Å². The van der Waals surface area contributed by atoms with Crippen LogP contribution in [-0.4, -0.2) is 42.5 Å². The van der Waals surface area contributed by atoms with Gasteiger partial charge in [0.1, 0.15) is 48.1 Å². The van der Waals surface area contributed by atoms with E-state index in [1.165, 1.54) is 0 Å². The molecule has 6 aromatic rings. The standard InChI is InChI=1S/C50H51FO7/c1-36-27-45(54-31-39-17-9-4-10-18-39)44(29-42(36)28-37-23-25-43(26-24-37)57-35-51)47-48(55-32-40-19-11-5-12-20-40)49(56-33-41-21-13-6-14-22-41)50(2,52)46(58-47)34-53-30-38-15-7-3-8-16-38/h3-27,29,46-49,52H,28,30-35H2,1-2H3/t46-,47+,48+,49-,50?/m1/s1. The molecule has 5 atom stereocenters. The van der Waals surface area contributed by atoms with Crippen LogP contribution in [0.4, 0.5) is 4.39 Å². The monoisotopic (exact) mass is 782 g/mol. The van der Waals surface area contributed by atoms with Crippen molar-refractivity contribution in [2.75, 3.05) is 13.5 Å². The minimum atomic E-state index is -1.54.